The van der Waals surface area contributed by atoms with Gasteiger partial charge in [-0.15, -0.1) is 0 Å². The van der Waals surface area contributed by atoms with Gasteiger partial charge < -0.3 is 0 Å². The van der Waals surface area contributed by atoms with Gasteiger partial charge in [0.25, 0.3) is 10.1 Å². The molecule has 0 aromatic rings. The molecule has 1 aliphatic heterocycles. The summed E-state index contributed by atoms with van der Waals surface area (Å²) in [6.07, 6.45) is 2.97. The highest BCUT2D eigenvalue weighted by Crippen LogP contribution is 2.43. The highest BCUT2D eigenvalue weighted by atomic mass is 32.2. The predicted molar refractivity (Wildman–Crippen MR) is 53.3 cm³/mol. The molecule has 0 spiro atoms. The van der Waals surface area contributed by atoms with Crippen molar-refractivity contribution < 1.29 is 12.6 Å². The molecule has 1 saturated heterocycles. The van der Waals surface area contributed by atoms with Gasteiger partial charge in [-0.2, -0.15) is 20.2 Å². The molecule has 3 nitrogen and oxygen atoms in total. The first kappa shape index (κ1) is 9.80. The van der Waals surface area contributed by atoms with Gasteiger partial charge in [-0.1, -0.05) is 0 Å². The Morgan fingerprint density at radius 2 is 1.77 bits per heavy atom. The number of hydrogen-bond donors (Lipinski definition) is 0. The van der Waals surface area contributed by atoms with Gasteiger partial charge in [-0.3, -0.25) is 4.18 Å². The maximum atomic E-state index is 10.9. The van der Waals surface area contributed by atoms with E-state index in [9.17, 15) is 8.42 Å². The zero-order valence-electron chi connectivity index (χ0n) is 7.60. The lowest BCUT2D eigenvalue weighted by molar-refractivity contribution is 0.213. The molecule has 76 valence electrons. The zero-order chi connectivity index (χ0) is 9.47. The van der Waals surface area contributed by atoms with Crippen LogP contribution >= 0.6 is 11.8 Å². The summed E-state index contributed by atoms with van der Waals surface area (Å²) < 4.78 is 26.8. The van der Waals surface area contributed by atoms with Crippen LogP contribution in [0, 0.1) is 11.8 Å². The Morgan fingerprint density at radius 1 is 1.23 bits per heavy atom. The van der Waals surface area contributed by atoms with Crippen LogP contribution in [0.25, 0.3) is 0 Å². The van der Waals surface area contributed by atoms with E-state index in [2.05, 4.69) is 0 Å². The summed E-state index contributed by atoms with van der Waals surface area (Å²) in [5, 5.41) is 0. The monoisotopic (exact) mass is 222 g/mol. The van der Waals surface area contributed by atoms with Gasteiger partial charge >= 0.3 is 0 Å². The van der Waals surface area contributed by atoms with E-state index in [1.54, 1.807) is 0 Å². The fraction of sp³-hybridized carbons (Fsp3) is 1.00. The first-order valence-electron chi connectivity index (χ1n) is 4.50. The summed E-state index contributed by atoms with van der Waals surface area (Å²) in [4.78, 5) is 0. The van der Waals surface area contributed by atoms with Crippen LogP contribution in [0.15, 0.2) is 0 Å². The van der Waals surface area contributed by atoms with Crippen LogP contribution in [0.2, 0.25) is 0 Å². The van der Waals surface area contributed by atoms with Gasteiger partial charge in [-0.25, -0.2) is 0 Å². The van der Waals surface area contributed by atoms with Crippen molar-refractivity contribution in [3.05, 3.63) is 0 Å². The van der Waals surface area contributed by atoms with Crippen molar-refractivity contribution in [2.45, 2.75) is 18.9 Å². The molecule has 1 heterocycles. The van der Waals surface area contributed by atoms with E-state index in [-0.39, 0.29) is 6.10 Å². The molecule has 1 aliphatic carbocycles. The van der Waals surface area contributed by atoms with Crippen LogP contribution in [0.3, 0.4) is 0 Å². The van der Waals surface area contributed by atoms with Crippen molar-refractivity contribution in [3.63, 3.8) is 0 Å². The predicted octanol–water partition coefficient (Wildman–Crippen LogP) is 1.10. The van der Waals surface area contributed by atoms with E-state index >= 15 is 0 Å². The summed E-state index contributed by atoms with van der Waals surface area (Å²) in [5.74, 6) is 3.79. The summed E-state index contributed by atoms with van der Waals surface area (Å²) in [6.45, 7) is 0. The van der Waals surface area contributed by atoms with Crippen LogP contribution in [0.5, 0.6) is 0 Å². The van der Waals surface area contributed by atoms with E-state index in [4.69, 9.17) is 4.18 Å². The Balaban J connectivity index is 1.92. The van der Waals surface area contributed by atoms with Crippen LogP contribution in [0.4, 0.5) is 0 Å². The van der Waals surface area contributed by atoms with E-state index in [0.29, 0.717) is 11.8 Å². The molecule has 0 bridgehead atoms. The van der Waals surface area contributed by atoms with Gasteiger partial charge in [0.15, 0.2) is 0 Å². The molecular formula is C8H14O3S2. The Labute approximate surface area is 83.4 Å². The zero-order valence-corrected chi connectivity index (χ0v) is 9.23. The van der Waals surface area contributed by atoms with Gasteiger partial charge in [0.05, 0.1) is 12.4 Å². The molecule has 13 heavy (non-hydrogen) atoms. The highest BCUT2D eigenvalue weighted by Gasteiger charge is 2.39. The van der Waals surface area contributed by atoms with Crippen LogP contribution < -0.4 is 0 Å². The minimum absolute atomic E-state index is 0.0362. The third kappa shape index (κ3) is 2.39. The summed E-state index contributed by atoms with van der Waals surface area (Å²) >= 11 is 1.98. The third-order valence-corrected chi connectivity index (χ3v) is 4.72. The quantitative estimate of drug-likeness (QED) is 0.656. The minimum Gasteiger partial charge on any atom is -0.267 e. The molecule has 0 radical (unpaired) electrons. The average Bonchev–Trinajstić information content (AvgIpc) is 2.40. The van der Waals surface area contributed by atoms with Crippen molar-refractivity contribution in [2.24, 2.45) is 11.8 Å². The first-order chi connectivity index (χ1) is 6.04. The molecule has 0 aromatic heterocycles. The largest absolute Gasteiger partial charge is 0.267 e. The fourth-order valence-corrected chi connectivity index (χ4v) is 4.47. The molecule has 0 amide bonds. The molecule has 2 aliphatic rings. The third-order valence-electron chi connectivity index (χ3n) is 2.77. The standard InChI is InChI=1S/C8H14O3S2/c1-13(9,10)11-8-2-6-4-12-5-7(6)3-8/h6-8H,2-5H2,1H3/t6-,7+,8?. The first-order valence-corrected chi connectivity index (χ1v) is 7.48. The number of fused-ring (bicyclic) bond motifs is 1. The molecule has 2 rings (SSSR count). The molecule has 3 atom stereocenters. The van der Waals surface area contributed by atoms with Crippen LogP contribution in [-0.4, -0.2) is 32.3 Å². The fourth-order valence-electron chi connectivity index (χ4n) is 2.26. The second kappa shape index (κ2) is 3.44. The van der Waals surface area contributed by atoms with Crippen molar-refractivity contribution in [3.8, 4) is 0 Å². The Kier molecular flexibility index (Phi) is 2.59. The lowest BCUT2D eigenvalue weighted by Crippen LogP contribution is -2.15. The highest BCUT2D eigenvalue weighted by molar-refractivity contribution is 7.99. The molecule has 1 unspecified atom stereocenters. The molecule has 5 heteroatoms. The average molecular weight is 222 g/mol. The van der Waals surface area contributed by atoms with E-state index in [1.165, 1.54) is 11.5 Å². The summed E-state index contributed by atoms with van der Waals surface area (Å²) in [5.41, 5.74) is 0. The maximum Gasteiger partial charge on any atom is 0.264 e. The van der Waals surface area contributed by atoms with Crippen molar-refractivity contribution in [2.75, 3.05) is 17.8 Å². The Bertz CT molecular complexity index is 274. The van der Waals surface area contributed by atoms with Crippen molar-refractivity contribution in [1.82, 2.24) is 0 Å². The normalized spacial score (nSPS) is 39.3. The Morgan fingerprint density at radius 3 is 2.23 bits per heavy atom. The van der Waals surface area contributed by atoms with Gasteiger partial charge in [-0.05, 0) is 36.2 Å². The van der Waals surface area contributed by atoms with Crippen LogP contribution in [-0.2, 0) is 14.3 Å². The molecular weight excluding hydrogens is 208 g/mol. The van der Waals surface area contributed by atoms with Crippen molar-refractivity contribution in [1.29, 1.82) is 0 Å². The number of rotatable bonds is 2. The Hall–Kier alpha value is 0.260. The van der Waals surface area contributed by atoms with Gasteiger partial charge in [0, 0.05) is 0 Å². The molecule has 1 saturated carbocycles. The maximum absolute atomic E-state index is 10.9. The lowest BCUT2D eigenvalue weighted by Gasteiger charge is -2.09. The van der Waals surface area contributed by atoms with Gasteiger partial charge in [0.2, 0.25) is 0 Å². The second-order valence-corrected chi connectivity index (χ2v) is 6.63. The summed E-state index contributed by atoms with van der Waals surface area (Å²) in [7, 11) is -3.25. The molecule has 2 fully saturated rings. The number of thioether (sulfide) groups is 1. The van der Waals surface area contributed by atoms with E-state index in [1.807, 2.05) is 11.8 Å². The van der Waals surface area contributed by atoms with Gasteiger partial charge in [0.1, 0.15) is 0 Å². The van der Waals surface area contributed by atoms with E-state index < -0.39 is 10.1 Å². The molecule has 0 aromatic carbocycles. The van der Waals surface area contributed by atoms with E-state index in [0.717, 1.165) is 19.1 Å². The SMILES string of the molecule is CS(=O)(=O)OC1C[C@H]2CSC[C@H]2C1. The van der Waals surface area contributed by atoms with Crippen LogP contribution in [0.1, 0.15) is 12.8 Å². The minimum atomic E-state index is -3.25. The number of hydrogen-bond acceptors (Lipinski definition) is 4. The topological polar surface area (TPSA) is 43.4 Å². The smallest absolute Gasteiger partial charge is 0.264 e. The lowest BCUT2D eigenvalue weighted by atomic mass is 10.0. The second-order valence-electron chi connectivity index (χ2n) is 3.95. The molecule has 0 N–H and O–H groups in total. The van der Waals surface area contributed by atoms with Crippen molar-refractivity contribution >= 4 is 21.9 Å². The summed E-state index contributed by atoms with van der Waals surface area (Å²) in [6, 6.07) is 0.